The summed E-state index contributed by atoms with van der Waals surface area (Å²) in [5.74, 6) is -1.11. The number of halogens is 6. The van der Waals surface area contributed by atoms with Crippen molar-refractivity contribution in [2.75, 3.05) is 54.5 Å². The Hall–Kier alpha value is -0.702. The van der Waals surface area contributed by atoms with Crippen molar-refractivity contribution in [1.82, 2.24) is 0 Å². The molecule has 1 radical (unpaired) electrons. The largest absolute Gasteiger partial charge is 0.0767 e. The van der Waals surface area contributed by atoms with Crippen LogP contribution in [0.3, 0.4) is 0 Å². The third-order valence-corrected chi connectivity index (χ3v) is 5.84. The van der Waals surface area contributed by atoms with Crippen molar-refractivity contribution in [1.29, 1.82) is 0 Å². The van der Waals surface area contributed by atoms with E-state index in [2.05, 4.69) is 16.1 Å². The summed E-state index contributed by atoms with van der Waals surface area (Å²) in [4.78, 5) is 21.0. The number of carbonyl (C=O) groups is 2. The quantitative estimate of drug-likeness (QED) is 0.0449. The Balaban J connectivity index is -0.000000128. The van der Waals surface area contributed by atoms with Gasteiger partial charge in [0.15, 0.2) is 16.8 Å². The van der Waals surface area contributed by atoms with Crippen molar-refractivity contribution in [2.45, 2.75) is 6.92 Å². The fourth-order valence-corrected chi connectivity index (χ4v) is 3.73. The number of allylic oxidation sites excluding steroid dienone is 4. The molecule has 0 unspecified atom stereocenters. The third-order valence-electron chi connectivity index (χ3n) is 2.68. The van der Waals surface area contributed by atoms with E-state index in [0.29, 0.717) is 6.61 Å². The van der Waals surface area contributed by atoms with Gasteiger partial charge in [0.05, 0.1) is 13.7 Å². The number of hydrogen-bond donors (Lipinski definition) is 0. The summed E-state index contributed by atoms with van der Waals surface area (Å²) >= 11 is 0. The second kappa shape index (κ2) is 25.3. The van der Waals surface area contributed by atoms with Gasteiger partial charge in [-0.15, -0.1) is 0 Å². The predicted molar refractivity (Wildman–Crippen MR) is 129 cm³/mol. The predicted octanol–water partition coefficient (Wildman–Crippen LogP) is 7.13. The first-order chi connectivity index (χ1) is 16.9. The van der Waals surface area contributed by atoms with E-state index in [1.54, 1.807) is 35.4 Å². The van der Waals surface area contributed by atoms with E-state index in [-0.39, 0.29) is 21.1 Å². The molecule has 0 saturated heterocycles. The molecule has 1 rings (SSSR count). The normalized spacial score (nSPS) is 13.1. The monoisotopic (exact) mass is 708 g/mol. The minimum atomic E-state index is -10.7. The van der Waals surface area contributed by atoms with Crippen molar-refractivity contribution in [3.05, 3.63) is 49.5 Å². The van der Waals surface area contributed by atoms with E-state index < -0.39 is 36.5 Å². The molecular formula is C19H31F6MoO9P3-. The first-order valence-corrected chi connectivity index (χ1v) is 14.3. The van der Waals surface area contributed by atoms with Gasteiger partial charge in [0.1, 0.15) is 0 Å². The summed E-state index contributed by atoms with van der Waals surface area (Å²) in [6.07, 6.45) is 13.7. The van der Waals surface area contributed by atoms with Crippen molar-refractivity contribution in [2.24, 2.45) is 0 Å². The van der Waals surface area contributed by atoms with Gasteiger partial charge in [-0.3, -0.25) is 0 Å². The molecule has 38 heavy (non-hydrogen) atoms. The Morgan fingerprint density at radius 2 is 1.08 bits per heavy atom. The molecule has 19 heteroatoms. The van der Waals surface area contributed by atoms with Gasteiger partial charge in [-0.1, -0.05) is 24.3 Å². The molecule has 0 aliphatic heterocycles. The van der Waals surface area contributed by atoms with Gasteiger partial charge >= 0.3 is 56.2 Å². The summed E-state index contributed by atoms with van der Waals surface area (Å²) < 4.78 is 95.8. The van der Waals surface area contributed by atoms with Crippen molar-refractivity contribution in [3.8, 4) is 0 Å². The van der Waals surface area contributed by atoms with Crippen LogP contribution < -0.4 is 0 Å². The Bertz CT molecular complexity index is 680. The number of hydrogen-bond acceptors (Lipinski definition) is 8. The maximum Gasteiger partial charge on any atom is 0.00506 e. The molecule has 0 aromatic rings. The van der Waals surface area contributed by atoms with Crippen molar-refractivity contribution < 1.29 is 88.1 Å². The Labute approximate surface area is 235 Å². The minimum absolute atomic E-state index is 0. The number of methoxy groups -OCH3 is 1. The van der Waals surface area contributed by atoms with E-state index in [1.807, 2.05) is 30.7 Å². The second-order valence-corrected chi connectivity index (χ2v) is 11.0. The van der Waals surface area contributed by atoms with Crippen molar-refractivity contribution >= 4 is 36.5 Å². The fourth-order valence-electron chi connectivity index (χ4n) is 1.39. The molecule has 0 atom stereocenters. The molecule has 0 heterocycles. The molecule has 0 amide bonds. The molecule has 0 N–H and O–H groups in total. The molecule has 0 saturated carbocycles. The molecule has 9 nitrogen and oxygen atoms in total. The molecule has 1 aliphatic carbocycles. The number of ether oxygens (including phenoxy) is 2. The molecular weight excluding hydrogens is 675 g/mol. The Morgan fingerprint density at radius 3 is 1.29 bits per heavy atom. The summed E-state index contributed by atoms with van der Waals surface area (Å²) in [6, 6.07) is 0. The molecule has 0 bridgehead atoms. The number of carbonyl (C=O) groups excluding carboxylic acids is 2. The van der Waals surface area contributed by atoms with Crippen LogP contribution in [0.4, 0.5) is 25.2 Å². The van der Waals surface area contributed by atoms with Gasteiger partial charge in [0.25, 0.3) is 0 Å². The van der Waals surface area contributed by atoms with Crippen LogP contribution in [0.1, 0.15) is 6.92 Å². The van der Waals surface area contributed by atoms with Crippen LogP contribution in [0.15, 0.2) is 36.5 Å². The van der Waals surface area contributed by atoms with Gasteiger partial charge in [-0.05, 0) is 6.92 Å². The van der Waals surface area contributed by atoms with Crippen LogP contribution in [0.2, 0.25) is 0 Å². The van der Waals surface area contributed by atoms with E-state index >= 15 is 0 Å². The SMILES string of the molecule is CCOC(=O)C=CC(=O)OC.COP(CCP(OC)OC)OC.F[P-](F)(F)(F)(F)F.[C-]#[O+].[CH]1C=CC=C1.[Mo]. The maximum absolute atomic E-state index is 10.7. The fraction of sp³-hybridized carbons (Fsp3) is 0.474. The van der Waals surface area contributed by atoms with Gasteiger partial charge in [-0.25, -0.2) is 9.59 Å². The molecule has 0 fully saturated rings. The van der Waals surface area contributed by atoms with E-state index in [9.17, 15) is 34.8 Å². The zero-order valence-corrected chi connectivity index (χ0v) is 26.0. The zero-order chi connectivity index (χ0) is 30.0. The van der Waals surface area contributed by atoms with Crippen molar-refractivity contribution in [3.63, 3.8) is 0 Å². The second-order valence-electron chi connectivity index (χ2n) is 5.37. The summed E-state index contributed by atoms with van der Waals surface area (Å²) in [5, 5.41) is 0. The molecule has 0 aromatic heterocycles. The van der Waals surface area contributed by atoms with Crippen LogP contribution in [0.5, 0.6) is 0 Å². The van der Waals surface area contributed by atoms with Crippen LogP contribution in [0.25, 0.3) is 0 Å². The average Bonchev–Trinajstić information content (AvgIpc) is 3.41. The van der Waals surface area contributed by atoms with E-state index in [1.165, 1.54) is 7.11 Å². The summed E-state index contributed by atoms with van der Waals surface area (Å²) in [6.45, 7) is 6.48. The van der Waals surface area contributed by atoms with Gasteiger partial charge in [0.2, 0.25) is 0 Å². The standard InChI is InChI=1S/C7H10O4.C6H16O4P2.C5H5.CO.F6P.Mo/c1-3-11-7(9)5-4-6(8)10-2;1-7-11(8-2)5-6-12(9-3)10-4;1-2-4-5-3-1;1-2;1-7(2,3,4,5)6;/h4-5H,3H2,1-2H3;5-6H2,1-4H3;1-5H;;;/q;;;;-1;. The maximum atomic E-state index is 10.5. The van der Waals surface area contributed by atoms with Gasteiger partial charge in [0, 0.05) is 80.4 Å². The van der Waals surface area contributed by atoms with Gasteiger partial charge < -0.3 is 27.6 Å². The summed E-state index contributed by atoms with van der Waals surface area (Å²) in [7, 11) is -4.31. The Kier molecular flexibility index (Phi) is 31.3. The zero-order valence-electron chi connectivity index (χ0n) is 21.4. The smallest absolute Gasteiger partial charge is 0.00506 e. The van der Waals surface area contributed by atoms with Gasteiger partial charge in [-0.2, -0.15) is 0 Å². The number of esters is 2. The number of rotatable bonds is 10. The third kappa shape index (κ3) is 55.7. The minimum Gasteiger partial charge on any atom is -0.0767 e. The average molecular weight is 706 g/mol. The molecule has 0 spiro atoms. The van der Waals surface area contributed by atoms with Crippen LogP contribution >= 0.6 is 24.6 Å². The molecule has 225 valence electrons. The topological polar surface area (TPSA) is 109 Å². The van der Waals surface area contributed by atoms with Crippen LogP contribution in [-0.4, -0.2) is 66.4 Å². The van der Waals surface area contributed by atoms with E-state index in [4.69, 9.17) is 22.7 Å². The first kappa shape index (κ1) is 47.1. The molecule has 0 aromatic carbocycles. The summed E-state index contributed by atoms with van der Waals surface area (Å²) in [5.41, 5.74) is 0. The Morgan fingerprint density at radius 1 is 0.763 bits per heavy atom. The van der Waals surface area contributed by atoms with E-state index in [0.717, 1.165) is 24.5 Å². The van der Waals surface area contributed by atoms with Crippen LogP contribution in [-0.2, 0) is 62.9 Å². The van der Waals surface area contributed by atoms with Crippen LogP contribution in [0, 0.1) is 13.1 Å². The first-order valence-electron chi connectivity index (χ1n) is 9.51. The molecule has 1 aliphatic rings.